The number of hydrogen-bond acceptors (Lipinski definition) is 5. The molecule has 2 rings (SSSR count). The molecule has 0 spiro atoms. The third-order valence-electron chi connectivity index (χ3n) is 5.77. The Morgan fingerprint density at radius 1 is 1.40 bits per heavy atom. The number of hydrogen-bond donors (Lipinski definition) is 3. The van der Waals surface area contributed by atoms with Crippen molar-refractivity contribution in [3.8, 4) is 0 Å². The van der Waals surface area contributed by atoms with Gasteiger partial charge in [-0.3, -0.25) is 0 Å². The number of aliphatic carboxylic acids is 1. The van der Waals surface area contributed by atoms with E-state index in [4.69, 9.17) is 5.11 Å². The van der Waals surface area contributed by atoms with Crippen LogP contribution in [-0.2, 0) is 11.2 Å². The molecule has 0 bridgehead atoms. The molecule has 164 valence electrons. The molecule has 0 radical (unpaired) electrons. The SMILES string of the molecule is B=C[C@@H]1CC(O)[C@H](C/C=C\CSCC(=O)O)[C@H]1/C=C/[C@@H](O)CCc1cc(C)c(C)s1. The Morgan fingerprint density at radius 2 is 2.17 bits per heavy atom. The molecule has 1 aliphatic rings. The Hall–Kier alpha value is -1.15. The van der Waals surface area contributed by atoms with Gasteiger partial charge in [-0.25, -0.2) is 0 Å². The van der Waals surface area contributed by atoms with E-state index < -0.39 is 18.2 Å². The Balaban J connectivity index is 1.89. The van der Waals surface area contributed by atoms with Gasteiger partial charge < -0.3 is 0 Å². The number of thiophene rings is 1. The number of aryl methyl sites for hydroxylation is 3. The molecular weight excluding hydrogens is 415 g/mol. The number of carbonyl (C=O) groups is 1. The molecule has 0 amide bonds. The third-order valence-corrected chi connectivity index (χ3v) is 7.86. The minimum absolute atomic E-state index is 0.0831. The summed E-state index contributed by atoms with van der Waals surface area (Å²) in [6, 6.07) is 2.20. The van der Waals surface area contributed by atoms with E-state index in [1.807, 2.05) is 24.2 Å². The summed E-state index contributed by atoms with van der Waals surface area (Å²) in [6.07, 6.45) is 10.0. The normalized spacial score (nSPS) is 25.3. The Labute approximate surface area is 189 Å². The summed E-state index contributed by atoms with van der Waals surface area (Å²) in [5.41, 5.74) is 1.31. The molecule has 0 saturated heterocycles. The molecule has 0 aromatic carbocycles. The van der Waals surface area contributed by atoms with Crippen LogP contribution >= 0.6 is 23.1 Å². The van der Waals surface area contributed by atoms with Crippen molar-refractivity contribution in [1.29, 1.82) is 0 Å². The van der Waals surface area contributed by atoms with Gasteiger partial charge >= 0.3 is 189 Å². The van der Waals surface area contributed by atoms with E-state index in [0.29, 0.717) is 18.6 Å². The number of allylic oxidation sites excluding steroid dienone is 2. The van der Waals surface area contributed by atoms with Crippen molar-refractivity contribution < 1.29 is 20.1 Å². The third kappa shape index (κ3) is 7.84. The monoisotopic (exact) mass is 448 g/mol. The van der Waals surface area contributed by atoms with E-state index in [2.05, 4.69) is 33.5 Å². The minimum atomic E-state index is -0.804. The standard InChI is InChI=1S/C23H33BO4S2/c1-15-11-19(30-16(15)2)8-6-18(25)7-9-20-17(13-24)12-22(26)21(20)5-3-4-10-29-14-23(27)28/h3-4,7,9,11,13,17-18,20-22,24-26H,5-6,8,10,12,14H2,1-2H3,(H,27,28)/b4-3-,9-7+/t17-,18-,20-,21+,22?/m0/s1. The number of aliphatic hydroxyl groups is 2. The van der Waals surface area contributed by atoms with Gasteiger partial charge in [0.2, 0.25) is 0 Å². The molecule has 3 N–H and O–H groups in total. The van der Waals surface area contributed by atoms with Crippen molar-refractivity contribution in [3.05, 3.63) is 45.7 Å². The van der Waals surface area contributed by atoms with E-state index in [0.717, 1.165) is 12.8 Å². The van der Waals surface area contributed by atoms with E-state index >= 15 is 0 Å². The van der Waals surface area contributed by atoms with Crippen LogP contribution in [0.4, 0.5) is 0 Å². The summed E-state index contributed by atoms with van der Waals surface area (Å²) < 4.78 is 0. The average Bonchev–Trinajstić information content (AvgIpc) is 3.19. The molecule has 30 heavy (non-hydrogen) atoms. The maximum atomic E-state index is 10.6. The molecule has 4 nitrogen and oxygen atoms in total. The maximum absolute atomic E-state index is 10.6. The van der Waals surface area contributed by atoms with Gasteiger partial charge in [0.05, 0.1) is 0 Å². The zero-order valence-electron chi connectivity index (χ0n) is 17.9. The van der Waals surface area contributed by atoms with Crippen LogP contribution in [-0.4, -0.2) is 58.5 Å². The first-order chi connectivity index (χ1) is 14.3. The molecule has 1 aliphatic carbocycles. The summed E-state index contributed by atoms with van der Waals surface area (Å²) in [6.45, 7) is 4.24. The molecular formula is C23H33BO4S2. The molecule has 1 aromatic heterocycles. The van der Waals surface area contributed by atoms with Crippen LogP contribution in [0, 0.1) is 31.6 Å². The fraction of sp³-hybridized carbons (Fsp3) is 0.565. The van der Waals surface area contributed by atoms with Crippen LogP contribution in [0.2, 0.25) is 0 Å². The predicted molar refractivity (Wildman–Crippen MR) is 130 cm³/mol. The van der Waals surface area contributed by atoms with Crippen molar-refractivity contribution in [2.75, 3.05) is 11.5 Å². The summed E-state index contributed by atoms with van der Waals surface area (Å²) in [7, 11) is 3.93. The van der Waals surface area contributed by atoms with Crippen molar-refractivity contribution in [3.63, 3.8) is 0 Å². The Morgan fingerprint density at radius 3 is 2.80 bits per heavy atom. The van der Waals surface area contributed by atoms with Gasteiger partial charge in [-0.05, 0) is 0 Å². The first-order valence-electron chi connectivity index (χ1n) is 10.5. The van der Waals surface area contributed by atoms with Crippen LogP contribution in [0.15, 0.2) is 30.4 Å². The zero-order chi connectivity index (χ0) is 22.1. The fourth-order valence-corrected chi connectivity index (χ4v) is 5.62. The first-order valence-corrected chi connectivity index (χ1v) is 12.5. The van der Waals surface area contributed by atoms with E-state index in [1.54, 1.807) is 11.3 Å². The van der Waals surface area contributed by atoms with Crippen LogP contribution in [0.5, 0.6) is 0 Å². The zero-order valence-corrected chi connectivity index (χ0v) is 19.5. The summed E-state index contributed by atoms with van der Waals surface area (Å²) >= 11 is 3.16. The van der Waals surface area contributed by atoms with Gasteiger partial charge in [0.1, 0.15) is 0 Å². The predicted octanol–water partition coefficient (Wildman–Crippen LogP) is 3.29. The van der Waals surface area contributed by atoms with Gasteiger partial charge in [-0.2, -0.15) is 0 Å². The quantitative estimate of drug-likeness (QED) is 0.260. The van der Waals surface area contributed by atoms with E-state index in [9.17, 15) is 15.0 Å². The topological polar surface area (TPSA) is 77.8 Å². The second-order valence-electron chi connectivity index (χ2n) is 8.00. The fourth-order valence-electron chi connectivity index (χ4n) is 3.99. The molecule has 7 heteroatoms. The van der Waals surface area contributed by atoms with Crippen molar-refractivity contribution in [1.82, 2.24) is 0 Å². The number of thioether (sulfide) groups is 1. The summed E-state index contributed by atoms with van der Waals surface area (Å²) in [5, 5.41) is 29.6. The van der Waals surface area contributed by atoms with Crippen LogP contribution < -0.4 is 0 Å². The van der Waals surface area contributed by atoms with Crippen LogP contribution in [0.3, 0.4) is 0 Å². The molecule has 1 heterocycles. The summed E-state index contributed by atoms with van der Waals surface area (Å²) in [4.78, 5) is 13.2. The van der Waals surface area contributed by atoms with Crippen LogP contribution in [0.1, 0.15) is 34.6 Å². The van der Waals surface area contributed by atoms with Crippen molar-refractivity contribution in [2.24, 2.45) is 17.8 Å². The average molecular weight is 448 g/mol. The molecule has 1 fully saturated rings. The number of rotatable bonds is 12. The number of carboxylic acids is 1. The Kier molecular flexibility index (Phi) is 10.6. The van der Waals surface area contributed by atoms with Gasteiger partial charge in [-0.1, -0.05) is 0 Å². The molecule has 1 unspecified atom stereocenters. The van der Waals surface area contributed by atoms with Gasteiger partial charge in [0.15, 0.2) is 0 Å². The molecule has 0 aliphatic heterocycles. The van der Waals surface area contributed by atoms with Crippen molar-refractivity contribution in [2.45, 2.75) is 51.7 Å². The molecule has 1 saturated carbocycles. The van der Waals surface area contributed by atoms with E-state index in [-0.39, 0.29) is 23.5 Å². The van der Waals surface area contributed by atoms with Gasteiger partial charge in [-0.15, -0.1) is 0 Å². The Bertz CT molecular complexity index is 739. The van der Waals surface area contributed by atoms with E-state index in [1.165, 1.54) is 27.1 Å². The summed E-state index contributed by atoms with van der Waals surface area (Å²) in [5.74, 6) is 2.29. The number of carboxylic acid groups (broad SMARTS) is 1. The van der Waals surface area contributed by atoms with Crippen LogP contribution in [0.25, 0.3) is 0 Å². The second kappa shape index (κ2) is 12.6. The number of aliphatic hydroxyl groups excluding tert-OH is 2. The molecule has 1 aromatic rings. The molecule has 5 atom stereocenters. The first kappa shape index (κ1) is 25.1. The second-order valence-corrected chi connectivity index (χ2v) is 10.4. The van der Waals surface area contributed by atoms with Gasteiger partial charge in [0.25, 0.3) is 0 Å². The van der Waals surface area contributed by atoms with Crippen molar-refractivity contribution >= 4 is 42.5 Å². The van der Waals surface area contributed by atoms with Gasteiger partial charge in [0, 0.05) is 0 Å².